The first kappa shape index (κ1) is 20.5. The van der Waals surface area contributed by atoms with Gasteiger partial charge in [0.1, 0.15) is 18.4 Å². The second kappa shape index (κ2) is 8.84. The van der Waals surface area contributed by atoms with Crippen molar-refractivity contribution >= 4 is 15.9 Å². The number of rotatable bonds is 8. The van der Waals surface area contributed by atoms with Crippen molar-refractivity contribution in [2.45, 2.75) is 17.9 Å². The summed E-state index contributed by atoms with van der Waals surface area (Å²) in [5, 5.41) is 6.83. The number of amides is 1. The van der Waals surface area contributed by atoms with Gasteiger partial charge in [0, 0.05) is 0 Å². The molecule has 0 fully saturated rings. The van der Waals surface area contributed by atoms with Crippen LogP contribution in [0.4, 0.5) is 0 Å². The average Bonchev–Trinajstić information content (AvgIpc) is 3.27. The lowest BCUT2D eigenvalue weighted by Crippen LogP contribution is -2.38. The van der Waals surface area contributed by atoms with Crippen molar-refractivity contribution in [1.29, 1.82) is 0 Å². The summed E-state index contributed by atoms with van der Waals surface area (Å²) in [6.07, 6.45) is 3.04. The van der Waals surface area contributed by atoms with Crippen LogP contribution in [-0.2, 0) is 14.8 Å². The highest BCUT2D eigenvalue weighted by atomic mass is 32.2. The van der Waals surface area contributed by atoms with Gasteiger partial charge in [0.25, 0.3) is 0 Å². The highest BCUT2D eigenvalue weighted by molar-refractivity contribution is 7.89. The number of carbonyl (C=O) groups is 1. The van der Waals surface area contributed by atoms with Crippen LogP contribution >= 0.6 is 0 Å². The topological polar surface area (TPSA) is 115 Å². The zero-order chi connectivity index (χ0) is 20.9. The molecular weight excluding hydrogens is 394 g/mol. The largest absolute Gasteiger partial charge is 0.497 e. The summed E-state index contributed by atoms with van der Waals surface area (Å²) < 4.78 is 33.5. The molecule has 9 nitrogen and oxygen atoms in total. The first-order valence-electron chi connectivity index (χ1n) is 8.77. The maximum absolute atomic E-state index is 12.3. The Labute approximate surface area is 168 Å². The van der Waals surface area contributed by atoms with Gasteiger partial charge in [-0.25, -0.2) is 22.8 Å². The van der Waals surface area contributed by atoms with Crippen molar-refractivity contribution in [2.75, 3.05) is 13.7 Å². The molecule has 1 heterocycles. The van der Waals surface area contributed by atoms with Crippen molar-refractivity contribution in [3.05, 3.63) is 66.7 Å². The highest BCUT2D eigenvalue weighted by Crippen LogP contribution is 2.16. The normalized spacial score (nSPS) is 12.3. The van der Waals surface area contributed by atoms with E-state index in [4.69, 9.17) is 4.74 Å². The molecule has 10 heteroatoms. The van der Waals surface area contributed by atoms with E-state index in [9.17, 15) is 13.2 Å². The van der Waals surface area contributed by atoms with E-state index in [0.29, 0.717) is 5.75 Å². The van der Waals surface area contributed by atoms with Crippen LogP contribution in [0.3, 0.4) is 0 Å². The van der Waals surface area contributed by atoms with Gasteiger partial charge in [0.05, 0.1) is 30.3 Å². The van der Waals surface area contributed by atoms with Crippen molar-refractivity contribution in [2.24, 2.45) is 0 Å². The summed E-state index contributed by atoms with van der Waals surface area (Å²) >= 11 is 0. The van der Waals surface area contributed by atoms with Crippen LogP contribution < -0.4 is 14.8 Å². The molecule has 152 valence electrons. The molecule has 0 saturated carbocycles. The zero-order valence-electron chi connectivity index (χ0n) is 15.9. The number of ether oxygens (including phenoxy) is 1. The van der Waals surface area contributed by atoms with Crippen LogP contribution in [0.1, 0.15) is 18.5 Å². The van der Waals surface area contributed by atoms with E-state index >= 15 is 0 Å². The molecule has 1 aromatic heterocycles. The molecule has 0 aliphatic carbocycles. The molecule has 0 spiro atoms. The van der Waals surface area contributed by atoms with Gasteiger partial charge in [0.2, 0.25) is 15.9 Å². The third kappa shape index (κ3) is 5.18. The monoisotopic (exact) mass is 415 g/mol. The number of sulfonamides is 1. The maximum Gasteiger partial charge on any atom is 0.241 e. The lowest BCUT2D eigenvalue weighted by atomic mass is 10.1. The van der Waals surface area contributed by atoms with Gasteiger partial charge in [-0.15, -0.1) is 0 Å². The van der Waals surface area contributed by atoms with Gasteiger partial charge in [-0.05, 0) is 48.9 Å². The van der Waals surface area contributed by atoms with Crippen LogP contribution in [-0.4, -0.2) is 42.7 Å². The number of hydrogen-bond acceptors (Lipinski definition) is 6. The van der Waals surface area contributed by atoms with E-state index in [1.807, 2.05) is 31.2 Å². The Kier molecular flexibility index (Phi) is 6.25. The van der Waals surface area contributed by atoms with Crippen LogP contribution in [0, 0.1) is 0 Å². The van der Waals surface area contributed by atoms with E-state index in [0.717, 1.165) is 11.3 Å². The molecule has 1 atom stereocenters. The minimum Gasteiger partial charge on any atom is -0.497 e. The van der Waals surface area contributed by atoms with Crippen molar-refractivity contribution < 1.29 is 17.9 Å². The summed E-state index contributed by atoms with van der Waals surface area (Å²) in [6, 6.07) is 13.1. The molecule has 2 aromatic carbocycles. The molecule has 0 radical (unpaired) electrons. The number of nitrogens with one attached hydrogen (secondary N) is 2. The van der Waals surface area contributed by atoms with Crippen molar-refractivity contribution in [3.8, 4) is 11.4 Å². The molecule has 0 aliphatic rings. The van der Waals surface area contributed by atoms with Gasteiger partial charge in [0.15, 0.2) is 0 Å². The van der Waals surface area contributed by atoms with Gasteiger partial charge in [-0.2, -0.15) is 5.10 Å². The summed E-state index contributed by atoms with van der Waals surface area (Å²) in [7, 11) is -2.30. The number of nitrogens with zero attached hydrogens (tertiary/aromatic N) is 3. The van der Waals surface area contributed by atoms with Crippen LogP contribution in [0.25, 0.3) is 5.69 Å². The van der Waals surface area contributed by atoms with E-state index in [1.165, 1.54) is 25.6 Å². The molecule has 29 heavy (non-hydrogen) atoms. The molecule has 3 aromatic rings. The Hall–Kier alpha value is -3.24. The SMILES string of the molecule is COc1ccc(S(=O)(=O)NCC(=O)NC(C)c2ccc(-n3cncn3)cc2)cc1. The third-order valence-electron chi connectivity index (χ3n) is 4.25. The fourth-order valence-electron chi connectivity index (χ4n) is 2.63. The van der Waals surface area contributed by atoms with E-state index in [-0.39, 0.29) is 17.5 Å². The van der Waals surface area contributed by atoms with Crippen LogP contribution in [0.5, 0.6) is 5.75 Å². The maximum atomic E-state index is 12.3. The van der Waals surface area contributed by atoms with E-state index in [2.05, 4.69) is 20.1 Å². The fourth-order valence-corrected chi connectivity index (χ4v) is 3.61. The number of benzene rings is 2. The smallest absolute Gasteiger partial charge is 0.241 e. The third-order valence-corrected chi connectivity index (χ3v) is 5.66. The number of carbonyl (C=O) groups excluding carboxylic acids is 1. The molecule has 1 unspecified atom stereocenters. The molecule has 3 rings (SSSR count). The quantitative estimate of drug-likeness (QED) is 0.575. The molecule has 0 aliphatic heterocycles. The summed E-state index contributed by atoms with van der Waals surface area (Å²) in [5.41, 5.74) is 1.72. The van der Waals surface area contributed by atoms with Crippen molar-refractivity contribution in [3.63, 3.8) is 0 Å². The average molecular weight is 415 g/mol. The molecular formula is C19H21N5O4S. The number of aromatic nitrogens is 3. The van der Waals surface area contributed by atoms with Gasteiger partial charge in [-0.1, -0.05) is 12.1 Å². The first-order valence-corrected chi connectivity index (χ1v) is 10.3. The van der Waals surface area contributed by atoms with E-state index in [1.54, 1.807) is 23.1 Å². The number of methoxy groups -OCH3 is 1. The summed E-state index contributed by atoms with van der Waals surface area (Å²) in [4.78, 5) is 16.1. The van der Waals surface area contributed by atoms with E-state index < -0.39 is 15.9 Å². The second-order valence-electron chi connectivity index (χ2n) is 6.22. The lowest BCUT2D eigenvalue weighted by molar-refractivity contribution is -0.120. The summed E-state index contributed by atoms with van der Waals surface area (Å²) in [6.45, 7) is 1.45. The molecule has 2 N–H and O–H groups in total. The van der Waals surface area contributed by atoms with Gasteiger partial charge in [-0.3, -0.25) is 4.79 Å². The Balaban J connectivity index is 1.55. The van der Waals surface area contributed by atoms with Crippen LogP contribution in [0.15, 0.2) is 66.1 Å². The number of hydrogen-bond donors (Lipinski definition) is 2. The van der Waals surface area contributed by atoms with Gasteiger partial charge < -0.3 is 10.1 Å². The zero-order valence-corrected chi connectivity index (χ0v) is 16.8. The Bertz CT molecular complexity index is 1050. The predicted molar refractivity (Wildman–Crippen MR) is 106 cm³/mol. The molecule has 0 bridgehead atoms. The minimum atomic E-state index is -3.79. The highest BCUT2D eigenvalue weighted by Gasteiger charge is 2.17. The Morgan fingerprint density at radius 2 is 1.83 bits per heavy atom. The van der Waals surface area contributed by atoms with Gasteiger partial charge >= 0.3 is 0 Å². The lowest BCUT2D eigenvalue weighted by Gasteiger charge is -2.15. The fraction of sp³-hybridized carbons (Fsp3) is 0.211. The Morgan fingerprint density at radius 3 is 2.41 bits per heavy atom. The predicted octanol–water partition coefficient (Wildman–Crippen LogP) is 1.43. The van der Waals surface area contributed by atoms with Crippen molar-refractivity contribution in [1.82, 2.24) is 24.8 Å². The summed E-state index contributed by atoms with van der Waals surface area (Å²) in [5.74, 6) is 0.111. The Morgan fingerprint density at radius 1 is 1.14 bits per heavy atom. The second-order valence-corrected chi connectivity index (χ2v) is 7.99. The van der Waals surface area contributed by atoms with Crippen LogP contribution in [0.2, 0.25) is 0 Å². The standard InChI is InChI=1S/C19H21N5O4S/c1-14(15-3-5-16(6-4-15)24-13-20-12-21-24)23-19(25)11-22-29(26,27)18-9-7-17(28-2)8-10-18/h3-10,12-14,22H,11H2,1-2H3,(H,23,25). The minimum absolute atomic E-state index is 0.0582. The molecule has 1 amide bonds. The first-order chi connectivity index (χ1) is 13.9. The molecule has 0 saturated heterocycles.